The van der Waals surface area contributed by atoms with Crippen molar-refractivity contribution in [3.63, 3.8) is 0 Å². The Labute approximate surface area is 298 Å². The molecule has 0 amide bonds. The minimum atomic E-state index is -1.09. The zero-order valence-corrected chi connectivity index (χ0v) is 28.5. The minimum absolute atomic E-state index is 0.137. The minimum Gasteiger partial charge on any atom is -0.481 e. The fourth-order valence-corrected chi connectivity index (χ4v) is 7.70. The van der Waals surface area contributed by atoms with E-state index in [1.807, 2.05) is 58.3 Å². The summed E-state index contributed by atoms with van der Waals surface area (Å²) in [6.45, 7) is 1.87. The van der Waals surface area contributed by atoms with Crippen molar-refractivity contribution in [3.05, 3.63) is 105 Å². The highest BCUT2D eigenvalue weighted by Crippen LogP contribution is 2.43. The lowest BCUT2D eigenvalue weighted by Crippen LogP contribution is -2.37. The van der Waals surface area contributed by atoms with Gasteiger partial charge >= 0.3 is 11.9 Å². The molecular formula is C38H36Cl2F2N2O6. The van der Waals surface area contributed by atoms with Crippen LogP contribution in [-0.2, 0) is 35.5 Å². The SMILES string of the molecule is O=C(O)C[C@H](O)CN1CCc2cc(-c3cccc(-c4cccc(-c5cc(F)c6c(c5)CCN(C[C@@H](O)CC(=O)O)C6)c4Cl)c3Cl)cc(F)c2C1. The molecule has 262 valence electrons. The van der Waals surface area contributed by atoms with Crippen LogP contribution in [0.1, 0.15) is 35.1 Å². The number of carbonyl (C=O) groups is 2. The summed E-state index contributed by atoms with van der Waals surface area (Å²) in [5.41, 5.74) is 6.33. The number of hydrogen-bond donors (Lipinski definition) is 4. The molecule has 2 aliphatic heterocycles. The molecule has 8 nitrogen and oxygen atoms in total. The smallest absolute Gasteiger partial charge is 0.306 e. The fraction of sp³-hybridized carbons (Fsp3) is 0.316. The van der Waals surface area contributed by atoms with Gasteiger partial charge in [0.1, 0.15) is 11.6 Å². The Morgan fingerprint density at radius 1 is 0.660 bits per heavy atom. The highest BCUT2D eigenvalue weighted by Gasteiger charge is 2.26. The van der Waals surface area contributed by atoms with Crippen LogP contribution in [0.5, 0.6) is 0 Å². The van der Waals surface area contributed by atoms with Crippen LogP contribution >= 0.6 is 23.2 Å². The Kier molecular flexibility index (Phi) is 10.9. The number of benzene rings is 4. The van der Waals surface area contributed by atoms with Crippen molar-refractivity contribution >= 4 is 35.1 Å². The number of aliphatic hydroxyl groups excluding tert-OH is 2. The van der Waals surface area contributed by atoms with Gasteiger partial charge < -0.3 is 20.4 Å². The van der Waals surface area contributed by atoms with Gasteiger partial charge in [-0.2, -0.15) is 0 Å². The second kappa shape index (κ2) is 15.1. The number of halogens is 4. The molecule has 0 saturated carbocycles. The number of fused-ring (bicyclic) bond motifs is 2. The molecule has 2 aliphatic rings. The van der Waals surface area contributed by atoms with Gasteiger partial charge in [0, 0.05) is 72.6 Å². The van der Waals surface area contributed by atoms with Gasteiger partial charge in [-0.25, -0.2) is 8.78 Å². The van der Waals surface area contributed by atoms with E-state index in [0.29, 0.717) is 80.5 Å². The predicted octanol–water partition coefficient (Wildman–Crippen LogP) is 6.66. The summed E-state index contributed by atoms with van der Waals surface area (Å²) < 4.78 is 31.1. The van der Waals surface area contributed by atoms with Crippen LogP contribution in [0, 0.1) is 11.6 Å². The molecule has 4 N–H and O–H groups in total. The summed E-state index contributed by atoms with van der Waals surface area (Å²) in [4.78, 5) is 25.6. The molecule has 4 aromatic carbocycles. The van der Waals surface area contributed by atoms with E-state index in [-0.39, 0.29) is 39.0 Å². The second-order valence-corrected chi connectivity index (χ2v) is 13.8. The lowest BCUT2D eigenvalue weighted by Gasteiger charge is -2.30. The number of aliphatic carboxylic acids is 2. The van der Waals surface area contributed by atoms with Crippen molar-refractivity contribution in [1.29, 1.82) is 0 Å². The summed E-state index contributed by atoms with van der Waals surface area (Å²) in [6, 6.07) is 17.6. The molecule has 0 aromatic heterocycles. The standard InChI is InChI=1S/C38H36Cl2F2N2O6/c39-37-27(23-11-21-7-9-43(17-25(45)15-35(47)48)19-31(21)33(41)13-23)3-1-5-29(37)30-6-2-4-28(38(30)40)24-12-22-8-10-44(18-26(46)16-36(49)50)20-32(22)34(42)14-24/h1-6,11-14,25-26,45-46H,7-10,15-20H2,(H,47,48)(H,49,50)/t25-,26-/m0/s1. The highest BCUT2D eigenvalue weighted by atomic mass is 35.5. The molecule has 0 bridgehead atoms. The molecule has 2 atom stereocenters. The summed E-state index contributed by atoms with van der Waals surface area (Å²) in [5.74, 6) is -3.00. The lowest BCUT2D eigenvalue weighted by atomic mass is 9.91. The average Bonchev–Trinajstić information content (AvgIpc) is 3.05. The number of carboxylic acids is 2. The normalized spacial score (nSPS) is 16.0. The van der Waals surface area contributed by atoms with Crippen molar-refractivity contribution in [2.75, 3.05) is 26.2 Å². The Morgan fingerprint density at radius 3 is 1.42 bits per heavy atom. The van der Waals surface area contributed by atoms with E-state index in [2.05, 4.69) is 0 Å². The highest BCUT2D eigenvalue weighted by molar-refractivity contribution is 6.39. The number of hydrogen-bond acceptors (Lipinski definition) is 6. The van der Waals surface area contributed by atoms with Crippen molar-refractivity contribution in [1.82, 2.24) is 9.80 Å². The fourth-order valence-electron chi connectivity index (χ4n) is 7.03. The molecule has 2 heterocycles. The molecule has 0 spiro atoms. The van der Waals surface area contributed by atoms with Gasteiger partial charge in [-0.15, -0.1) is 0 Å². The maximum Gasteiger partial charge on any atom is 0.306 e. The number of aliphatic hydroxyl groups is 2. The third kappa shape index (κ3) is 7.86. The zero-order valence-electron chi connectivity index (χ0n) is 27.0. The largest absolute Gasteiger partial charge is 0.481 e. The third-order valence-electron chi connectivity index (χ3n) is 9.40. The van der Waals surface area contributed by atoms with Gasteiger partial charge in [0.2, 0.25) is 0 Å². The van der Waals surface area contributed by atoms with Crippen molar-refractivity contribution in [3.8, 4) is 33.4 Å². The van der Waals surface area contributed by atoms with Gasteiger partial charge in [0.15, 0.2) is 0 Å². The Morgan fingerprint density at radius 2 is 1.04 bits per heavy atom. The maximum absolute atomic E-state index is 15.6. The first kappa shape index (κ1) is 35.9. The monoisotopic (exact) mass is 724 g/mol. The van der Waals surface area contributed by atoms with Crippen LogP contribution in [0.4, 0.5) is 8.78 Å². The Bertz CT molecular complexity index is 1820. The molecule has 0 unspecified atom stereocenters. The third-order valence-corrected chi connectivity index (χ3v) is 10.2. The van der Waals surface area contributed by atoms with Gasteiger partial charge in [-0.3, -0.25) is 19.4 Å². The summed E-state index contributed by atoms with van der Waals surface area (Å²) in [7, 11) is 0. The quantitative estimate of drug-likeness (QED) is 0.136. The van der Waals surface area contributed by atoms with Gasteiger partial charge in [0.05, 0.1) is 35.1 Å². The topological polar surface area (TPSA) is 122 Å². The molecule has 12 heteroatoms. The number of nitrogens with zero attached hydrogens (tertiary/aromatic N) is 2. The summed E-state index contributed by atoms with van der Waals surface area (Å²) >= 11 is 14.0. The average molecular weight is 726 g/mol. The summed E-state index contributed by atoms with van der Waals surface area (Å²) in [6.07, 6.45) is -1.79. The van der Waals surface area contributed by atoms with Crippen LogP contribution in [0.2, 0.25) is 10.0 Å². The first-order valence-corrected chi connectivity index (χ1v) is 17.1. The Hall–Kier alpha value is -3.90. The molecule has 4 aromatic rings. The predicted molar refractivity (Wildman–Crippen MR) is 187 cm³/mol. The van der Waals surface area contributed by atoms with Crippen molar-refractivity contribution in [2.24, 2.45) is 0 Å². The maximum atomic E-state index is 15.6. The van der Waals surface area contributed by atoms with Crippen LogP contribution in [-0.4, -0.2) is 80.6 Å². The van der Waals surface area contributed by atoms with Crippen LogP contribution in [0.25, 0.3) is 33.4 Å². The second-order valence-electron chi connectivity index (χ2n) is 13.0. The van der Waals surface area contributed by atoms with Crippen LogP contribution in [0.15, 0.2) is 60.7 Å². The van der Waals surface area contributed by atoms with Crippen LogP contribution in [0.3, 0.4) is 0 Å². The molecule has 0 aliphatic carbocycles. The van der Waals surface area contributed by atoms with E-state index in [1.54, 1.807) is 0 Å². The molecule has 0 fully saturated rings. The molecule has 50 heavy (non-hydrogen) atoms. The van der Waals surface area contributed by atoms with Crippen LogP contribution < -0.4 is 0 Å². The van der Waals surface area contributed by atoms with E-state index in [4.69, 9.17) is 33.4 Å². The molecule has 0 radical (unpaired) electrons. The zero-order chi connectivity index (χ0) is 35.7. The van der Waals surface area contributed by atoms with Gasteiger partial charge in [0.25, 0.3) is 0 Å². The number of rotatable bonds is 11. The Balaban J connectivity index is 1.25. The van der Waals surface area contributed by atoms with E-state index in [1.165, 1.54) is 12.1 Å². The first-order valence-electron chi connectivity index (χ1n) is 16.3. The first-order chi connectivity index (χ1) is 23.9. The van der Waals surface area contributed by atoms with Crippen molar-refractivity contribution in [2.45, 2.75) is 51.0 Å². The number of carboxylic acid groups (broad SMARTS) is 2. The molecule has 6 rings (SSSR count). The van der Waals surface area contributed by atoms with Gasteiger partial charge in [-0.05, 0) is 47.2 Å². The van der Waals surface area contributed by atoms with Crippen molar-refractivity contribution < 1.29 is 38.8 Å². The van der Waals surface area contributed by atoms with E-state index >= 15 is 8.78 Å². The van der Waals surface area contributed by atoms with Gasteiger partial charge in [-0.1, -0.05) is 71.7 Å². The summed E-state index contributed by atoms with van der Waals surface area (Å²) in [5, 5.41) is 38.8. The van der Waals surface area contributed by atoms with E-state index in [0.717, 1.165) is 11.1 Å². The molecular weight excluding hydrogens is 689 g/mol. The lowest BCUT2D eigenvalue weighted by molar-refractivity contribution is -0.140. The van der Waals surface area contributed by atoms with E-state index < -0.39 is 35.8 Å². The number of β-amino-alcohol motifs (C(OH)–C–C–N with tert-alkyl or cyclic N) is 2. The molecule has 0 saturated heterocycles. The van der Waals surface area contributed by atoms with E-state index in [9.17, 15) is 19.8 Å².